The molecule has 0 radical (unpaired) electrons. The van der Waals surface area contributed by atoms with Gasteiger partial charge in [-0.25, -0.2) is 0 Å². The van der Waals surface area contributed by atoms with Crippen LogP contribution in [0.5, 0.6) is 17.2 Å². The minimum atomic E-state index is -0.394. The average Bonchev–Trinajstić information content (AvgIpc) is 3.14. The average molecular weight is 412 g/mol. The Balaban J connectivity index is 1.65. The molecule has 7 nitrogen and oxygen atoms in total. The molecule has 2 aromatic carbocycles. The van der Waals surface area contributed by atoms with Gasteiger partial charge in [0.2, 0.25) is 17.6 Å². The number of carbonyl (C=O) groups is 2. The second-order valence-corrected chi connectivity index (χ2v) is 7.32. The van der Waals surface area contributed by atoms with Crippen molar-refractivity contribution in [3.63, 3.8) is 0 Å². The zero-order valence-corrected chi connectivity index (χ0v) is 17.9. The van der Waals surface area contributed by atoms with Gasteiger partial charge in [0.15, 0.2) is 11.5 Å². The van der Waals surface area contributed by atoms with E-state index < -0.39 is 5.92 Å². The molecular formula is C23H28N2O5. The Morgan fingerprint density at radius 1 is 1.10 bits per heavy atom. The number of nitrogens with one attached hydrogen (secondary N) is 1. The standard InChI is InChI=1S/C23H28N2O5/c1-15-6-5-7-16(10-15)8-9-24-23(27)17-11-21(26)25(14-17)18-12-19(28-2)22(30-4)20(13-18)29-3/h5-7,10,12-13,17H,8-9,11,14H2,1-4H3,(H,24,27)/t17-/m0/s1. The van der Waals surface area contributed by atoms with Crippen LogP contribution in [-0.2, 0) is 16.0 Å². The van der Waals surface area contributed by atoms with Gasteiger partial charge in [-0.1, -0.05) is 29.8 Å². The van der Waals surface area contributed by atoms with Crippen LogP contribution >= 0.6 is 0 Å². The third-order valence-electron chi connectivity index (χ3n) is 5.25. The van der Waals surface area contributed by atoms with E-state index in [0.717, 1.165) is 6.42 Å². The predicted octanol–water partition coefficient (Wildman–Crippen LogP) is 2.73. The number of aryl methyl sites for hydroxylation is 1. The van der Waals surface area contributed by atoms with Gasteiger partial charge in [-0.3, -0.25) is 9.59 Å². The van der Waals surface area contributed by atoms with Gasteiger partial charge >= 0.3 is 0 Å². The van der Waals surface area contributed by atoms with E-state index in [0.29, 0.717) is 36.0 Å². The SMILES string of the molecule is COc1cc(N2C[C@@H](C(=O)NCCc3cccc(C)c3)CC2=O)cc(OC)c1OC. The van der Waals surface area contributed by atoms with E-state index in [2.05, 4.69) is 11.4 Å². The number of nitrogens with zero attached hydrogens (tertiary/aromatic N) is 1. The number of methoxy groups -OCH3 is 3. The van der Waals surface area contributed by atoms with Gasteiger partial charge in [0.25, 0.3) is 0 Å². The fourth-order valence-electron chi connectivity index (χ4n) is 3.70. The number of hydrogen-bond donors (Lipinski definition) is 1. The second kappa shape index (κ2) is 9.52. The molecule has 160 valence electrons. The number of anilines is 1. The minimum Gasteiger partial charge on any atom is -0.493 e. The Morgan fingerprint density at radius 3 is 2.40 bits per heavy atom. The molecule has 0 bridgehead atoms. The van der Waals surface area contributed by atoms with Crippen molar-refractivity contribution in [3.8, 4) is 17.2 Å². The first-order valence-electron chi connectivity index (χ1n) is 9.90. The maximum atomic E-state index is 12.6. The summed E-state index contributed by atoms with van der Waals surface area (Å²) >= 11 is 0. The number of rotatable bonds is 8. The molecule has 3 rings (SSSR count). The molecule has 1 aliphatic heterocycles. The Kier molecular flexibility index (Phi) is 6.82. The van der Waals surface area contributed by atoms with Crippen LogP contribution in [0.25, 0.3) is 0 Å². The third kappa shape index (κ3) is 4.67. The largest absolute Gasteiger partial charge is 0.493 e. The number of ether oxygens (including phenoxy) is 3. The second-order valence-electron chi connectivity index (χ2n) is 7.32. The van der Waals surface area contributed by atoms with E-state index in [1.165, 1.54) is 32.5 Å². The molecule has 7 heteroatoms. The van der Waals surface area contributed by atoms with Crippen LogP contribution in [0.3, 0.4) is 0 Å². The maximum Gasteiger partial charge on any atom is 0.227 e. The zero-order valence-electron chi connectivity index (χ0n) is 17.9. The molecule has 2 aromatic rings. The summed E-state index contributed by atoms with van der Waals surface area (Å²) in [4.78, 5) is 26.8. The first-order valence-corrected chi connectivity index (χ1v) is 9.90. The van der Waals surface area contributed by atoms with E-state index in [1.807, 2.05) is 25.1 Å². The summed E-state index contributed by atoms with van der Waals surface area (Å²) in [5, 5.41) is 2.96. The van der Waals surface area contributed by atoms with Crippen LogP contribution in [0.2, 0.25) is 0 Å². The monoisotopic (exact) mass is 412 g/mol. The van der Waals surface area contributed by atoms with Gasteiger partial charge < -0.3 is 24.4 Å². The summed E-state index contributed by atoms with van der Waals surface area (Å²) in [6.07, 6.45) is 0.928. The van der Waals surface area contributed by atoms with Crippen LogP contribution in [0.4, 0.5) is 5.69 Å². The Bertz CT molecular complexity index is 903. The lowest BCUT2D eigenvalue weighted by Gasteiger charge is -2.20. The molecule has 0 spiro atoms. The topological polar surface area (TPSA) is 77.1 Å². The van der Waals surface area contributed by atoms with E-state index in [1.54, 1.807) is 17.0 Å². The summed E-state index contributed by atoms with van der Waals surface area (Å²) in [6, 6.07) is 11.7. The molecule has 30 heavy (non-hydrogen) atoms. The highest BCUT2D eigenvalue weighted by Crippen LogP contribution is 2.42. The lowest BCUT2D eigenvalue weighted by molar-refractivity contribution is -0.126. The van der Waals surface area contributed by atoms with Gasteiger partial charge in [-0.05, 0) is 18.9 Å². The zero-order chi connectivity index (χ0) is 21.7. The Labute approximate surface area is 176 Å². The highest BCUT2D eigenvalue weighted by molar-refractivity contribution is 6.00. The number of hydrogen-bond acceptors (Lipinski definition) is 5. The van der Waals surface area contributed by atoms with Crippen molar-refractivity contribution in [1.82, 2.24) is 5.32 Å². The summed E-state index contributed by atoms with van der Waals surface area (Å²) in [5.41, 5.74) is 2.99. The molecule has 0 saturated carbocycles. The molecule has 1 atom stereocenters. The number of carbonyl (C=O) groups excluding carboxylic acids is 2. The van der Waals surface area contributed by atoms with Crippen molar-refractivity contribution in [2.24, 2.45) is 5.92 Å². The summed E-state index contributed by atoms with van der Waals surface area (Å²) in [7, 11) is 4.58. The summed E-state index contributed by atoms with van der Waals surface area (Å²) in [5.74, 6) is 0.778. The van der Waals surface area contributed by atoms with Crippen molar-refractivity contribution in [2.45, 2.75) is 19.8 Å². The van der Waals surface area contributed by atoms with Crippen LogP contribution < -0.4 is 24.4 Å². The van der Waals surface area contributed by atoms with Gasteiger partial charge in [-0.15, -0.1) is 0 Å². The van der Waals surface area contributed by atoms with E-state index in [-0.39, 0.29) is 18.2 Å². The van der Waals surface area contributed by atoms with Crippen LogP contribution in [0, 0.1) is 12.8 Å². The fraction of sp³-hybridized carbons (Fsp3) is 0.391. The Hall–Kier alpha value is -3.22. The van der Waals surface area contributed by atoms with Crippen molar-refractivity contribution < 1.29 is 23.8 Å². The van der Waals surface area contributed by atoms with E-state index >= 15 is 0 Å². The first-order chi connectivity index (χ1) is 14.5. The minimum absolute atomic E-state index is 0.106. The van der Waals surface area contributed by atoms with Crippen LogP contribution in [-0.4, -0.2) is 46.2 Å². The molecule has 1 fully saturated rings. The quantitative estimate of drug-likeness (QED) is 0.722. The third-order valence-corrected chi connectivity index (χ3v) is 5.25. The lowest BCUT2D eigenvalue weighted by Crippen LogP contribution is -2.34. The normalized spacial score (nSPS) is 15.8. The molecule has 0 unspecified atom stereocenters. The molecule has 1 N–H and O–H groups in total. The summed E-state index contributed by atoms with van der Waals surface area (Å²) in [6.45, 7) is 2.90. The highest BCUT2D eigenvalue weighted by atomic mass is 16.5. The molecule has 2 amide bonds. The smallest absolute Gasteiger partial charge is 0.227 e. The predicted molar refractivity (Wildman–Crippen MR) is 114 cm³/mol. The van der Waals surface area contributed by atoms with Gasteiger partial charge in [0.1, 0.15) is 0 Å². The number of amides is 2. The molecule has 1 saturated heterocycles. The Morgan fingerprint density at radius 2 is 1.80 bits per heavy atom. The van der Waals surface area contributed by atoms with E-state index in [4.69, 9.17) is 14.2 Å². The highest BCUT2D eigenvalue weighted by Gasteiger charge is 2.35. The first kappa shape index (κ1) is 21.5. The van der Waals surface area contributed by atoms with E-state index in [9.17, 15) is 9.59 Å². The molecule has 0 aliphatic carbocycles. The number of benzene rings is 2. The molecule has 1 aliphatic rings. The fourth-order valence-corrected chi connectivity index (χ4v) is 3.70. The van der Waals surface area contributed by atoms with Crippen molar-refractivity contribution >= 4 is 17.5 Å². The molecular weight excluding hydrogens is 384 g/mol. The van der Waals surface area contributed by atoms with Gasteiger partial charge in [-0.2, -0.15) is 0 Å². The van der Waals surface area contributed by atoms with Crippen molar-refractivity contribution in [1.29, 1.82) is 0 Å². The van der Waals surface area contributed by atoms with Crippen LogP contribution in [0.1, 0.15) is 17.5 Å². The van der Waals surface area contributed by atoms with Crippen LogP contribution in [0.15, 0.2) is 36.4 Å². The van der Waals surface area contributed by atoms with Gasteiger partial charge in [0, 0.05) is 31.6 Å². The molecule has 0 aromatic heterocycles. The molecule has 1 heterocycles. The van der Waals surface area contributed by atoms with Crippen molar-refractivity contribution in [3.05, 3.63) is 47.5 Å². The van der Waals surface area contributed by atoms with Gasteiger partial charge in [0.05, 0.1) is 32.9 Å². The van der Waals surface area contributed by atoms with Crippen molar-refractivity contribution in [2.75, 3.05) is 39.3 Å². The lowest BCUT2D eigenvalue weighted by atomic mass is 10.1. The summed E-state index contributed by atoms with van der Waals surface area (Å²) < 4.78 is 16.1. The maximum absolute atomic E-state index is 12.6.